The highest BCUT2D eigenvalue weighted by Gasteiger charge is 2.33. The molecular formula is C9H9F3N2O3. The van der Waals surface area contributed by atoms with E-state index in [4.69, 9.17) is 10.8 Å². The summed E-state index contributed by atoms with van der Waals surface area (Å²) in [6.45, 7) is 1.18. The summed E-state index contributed by atoms with van der Waals surface area (Å²) in [5.41, 5.74) is 4.93. The van der Waals surface area contributed by atoms with Gasteiger partial charge in [-0.3, -0.25) is 0 Å². The maximum absolute atomic E-state index is 12.0. The first-order chi connectivity index (χ1) is 7.74. The highest BCUT2D eigenvalue weighted by molar-refractivity contribution is 5.87. The lowest BCUT2D eigenvalue weighted by Crippen LogP contribution is -2.20. The number of aromatic carboxylic acids is 1. The predicted molar refractivity (Wildman–Crippen MR) is 50.5 cm³/mol. The summed E-state index contributed by atoms with van der Waals surface area (Å²) >= 11 is 0. The SMILES string of the molecule is Cc1cc(CN)c(C(=O)O)nc1OC(F)(F)F. The molecular weight excluding hydrogens is 241 g/mol. The number of alkyl halides is 3. The van der Waals surface area contributed by atoms with Crippen molar-refractivity contribution < 1.29 is 27.8 Å². The topological polar surface area (TPSA) is 85.4 Å². The number of nitrogens with two attached hydrogens (primary N) is 1. The van der Waals surface area contributed by atoms with E-state index in [0.29, 0.717) is 0 Å². The minimum atomic E-state index is -4.92. The number of hydrogen-bond donors (Lipinski definition) is 2. The van der Waals surface area contributed by atoms with Crippen LogP contribution in [-0.2, 0) is 6.54 Å². The standard InChI is InChI=1S/C9H9F3N2O3/c1-4-2-5(3-13)6(8(15)16)14-7(4)17-9(10,11)12/h2H,3,13H2,1H3,(H,15,16). The highest BCUT2D eigenvalue weighted by atomic mass is 19.4. The zero-order chi connectivity index (χ0) is 13.2. The number of carboxylic acid groups (broad SMARTS) is 1. The lowest BCUT2D eigenvalue weighted by Gasteiger charge is -2.12. The average Bonchev–Trinajstić information content (AvgIpc) is 2.18. The van der Waals surface area contributed by atoms with Crippen LogP contribution >= 0.6 is 0 Å². The third-order valence-electron chi connectivity index (χ3n) is 1.88. The summed E-state index contributed by atoms with van der Waals surface area (Å²) in [6.07, 6.45) is -4.92. The lowest BCUT2D eigenvalue weighted by molar-refractivity contribution is -0.276. The van der Waals surface area contributed by atoms with Crippen LogP contribution in [-0.4, -0.2) is 22.4 Å². The van der Waals surface area contributed by atoms with E-state index in [1.165, 1.54) is 13.0 Å². The zero-order valence-electron chi connectivity index (χ0n) is 8.71. The lowest BCUT2D eigenvalue weighted by atomic mass is 10.1. The van der Waals surface area contributed by atoms with Gasteiger partial charge < -0.3 is 15.6 Å². The van der Waals surface area contributed by atoms with E-state index in [-0.39, 0.29) is 17.7 Å². The van der Waals surface area contributed by atoms with Crippen molar-refractivity contribution in [2.45, 2.75) is 19.8 Å². The van der Waals surface area contributed by atoms with Crippen molar-refractivity contribution >= 4 is 5.97 Å². The molecule has 0 saturated carbocycles. The smallest absolute Gasteiger partial charge is 0.476 e. The van der Waals surface area contributed by atoms with Crippen LogP contribution in [0.4, 0.5) is 13.2 Å². The average molecular weight is 250 g/mol. The molecule has 1 heterocycles. The molecule has 0 aromatic carbocycles. The molecule has 0 aliphatic rings. The van der Waals surface area contributed by atoms with Crippen LogP contribution in [0.25, 0.3) is 0 Å². The van der Waals surface area contributed by atoms with Gasteiger partial charge in [-0.25, -0.2) is 9.78 Å². The van der Waals surface area contributed by atoms with E-state index in [2.05, 4.69) is 9.72 Å². The summed E-state index contributed by atoms with van der Waals surface area (Å²) in [6, 6.07) is 1.21. The number of ether oxygens (including phenoxy) is 1. The molecule has 0 amide bonds. The maximum atomic E-state index is 12.0. The van der Waals surface area contributed by atoms with Gasteiger partial charge in [0.05, 0.1) is 0 Å². The van der Waals surface area contributed by atoms with Gasteiger partial charge in [-0.1, -0.05) is 0 Å². The van der Waals surface area contributed by atoms with Gasteiger partial charge in [-0.05, 0) is 18.6 Å². The van der Waals surface area contributed by atoms with Crippen molar-refractivity contribution in [3.63, 3.8) is 0 Å². The summed E-state index contributed by atoms with van der Waals surface area (Å²) < 4.78 is 39.6. The quantitative estimate of drug-likeness (QED) is 0.847. The molecule has 0 bridgehead atoms. The third kappa shape index (κ3) is 3.31. The molecule has 3 N–H and O–H groups in total. The van der Waals surface area contributed by atoms with Gasteiger partial charge in [-0.15, -0.1) is 13.2 Å². The number of aryl methyl sites for hydroxylation is 1. The van der Waals surface area contributed by atoms with E-state index in [1.54, 1.807) is 0 Å². The molecule has 1 rings (SSSR count). The van der Waals surface area contributed by atoms with Crippen molar-refractivity contribution in [2.75, 3.05) is 0 Å². The van der Waals surface area contributed by atoms with E-state index < -0.39 is 23.9 Å². The Bertz CT molecular complexity index is 446. The molecule has 0 aliphatic carbocycles. The number of halogens is 3. The van der Waals surface area contributed by atoms with E-state index >= 15 is 0 Å². The molecule has 17 heavy (non-hydrogen) atoms. The monoisotopic (exact) mass is 250 g/mol. The highest BCUT2D eigenvalue weighted by Crippen LogP contribution is 2.25. The molecule has 0 unspecified atom stereocenters. The minimum Gasteiger partial charge on any atom is -0.476 e. The second-order valence-corrected chi connectivity index (χ2v) is 3.18. The fourth-order valence-corrected chi connectivity index (χ4v) is 1.21. The number of carbonyl (C=O) groups is 1. The van der Waals surface area contributed by atoms with Gasteiger partial charge >= 0.3 is 12.3 Å². The summed E-state index contributed by atoms with van der Waals surface area (Å²) in [4.78, 5) is 14.1. The predicted octanol–water partition coefficient (Wildman–Crippen LogP) is 1.45. The Hall–Kier alpha value is -1.83. The maximum Gasteiger partial charge on any atom is 0.574 e. The van der Waals surface area contributed by atoms with E-state index in [1.807, 2.05) is 0 Å². The Kier molecular flexibility index (Phi) is 3.56. The molecule has 0 atom stereocenters. The minimum absolute atomic E-state index is 0.0628. The zero-order valence-corrected chi connectivity index (χ0v) is 8.71. The number of pyridine rings is 1. The Morgan fingerprint density at radius 1 is 1.59 bits per heavy atom. The normalized spacial score (nSPS) is 11.4. The summed E-state index contributed by atoms with van der Waals surface area (Å²) in [5, 5.41) is 8.76. The van der Waals surface area contributed by atoms with E-state index in [9.17, 15) is 18.0 Å². The second-order valence-electron chi connectivity index (χ2n) is 3.18. The van der Waals surface area contributed by atoms with Gasteiger partial charge in [0, 0.05) is 12.1 Å². The van der Waals surface area contributed by atoms with Crippen molar-refractivity contribution in [3.8, 4) is 5.88 Å². The molecule has 0 saturated heterocycles. The van der Waals surface area contributed by atoms with Crippen LogP contribution in [0.5, 0.6) is 5.88 Å². The molecule has 5 nitrogen and oxygen atoms in total. The fourth-order valence-electron chi connectivity index (χ4n) is 1.21. The molecule has 0 radical (unpaired) electrons. The Labute approximate surface area is 94.0 Å². The number of carboxylic acids is 1. The molecule has 1 aromatic rings. The Balaban J connectivity index is 3.25. The van der Waals surface area contributed by atoms with Crippen LogP contribution in [0.1, 0.15) is 21.6 Å². The Morgan fingerprint density at radius 2 is 2.18 bits per heavy atom. The number of rotatable bonds is 3. The van der Waals surface area contributed by atoms with Crippen molar-refractivity contribution in [1.29, 1.82) is 0 Å². The molecule has 0 fully saturated rings. The molecule has 8 heteroatoms. The van der Waals surface area contributed by atoms with Crippen LogP contribution in [0, 0.1) is 6.92 Å². The molecule has 94 valence electrons. The fraction of sp³-hybridized carbons (Fsp3) is 0.333. The largest absolute Gasteiger partial charge is 0.574 e. The first-order valence-electron chi connectivity index (χ1n) is 4.44. The molecule has 0 aliphatic heterocycles. The summed E-state index contributed by atoms with van der Waals surface area (Å²) in [7, 11) is 0. The van der Waals surface area contributed by atoms with Crippen LogP contribution in [0.3, 0.4) is 0 Å². The number of aromatic nitrogens is 1. The first kappa shape index (κ1) is 13.2. The summed E-state index contributed by atoms with van der Waals surface area (Å²) in [5.74, 6) is -2.25. The first-order valence-corrected chi connectivity index (χ1v) is 4.44. The van der Waals surface area contributed by atoms with Gasteiger partial charge in [-0.2, -0.15) is 0 Å². The van der Waals surface area contributed by atoms with Gasteiger partial charge in [0.15, 0.2) is 5.69 Å². The molecule has 0 spiro atoms. The van der Waals surface area contributed by atoms with Crippen LogP contribution in [0.15, 0.2) is 6.07 Å². The number of hydrogen-bond acceptors (Lipinski definition) is 4. The van der Waals surface area contributed by atoms with Crippen molar-refractivity contribution in [2.24, 2.45) is 5.73 Å². The third-order valence-corrected chi connectivity index (χ3v) is 1.88. The van der Waals surface area contributed by atoms with Gasteiger partial charge in [0.2, 0.25) is 5.88 Å². The Morgan fingerprint density at radius 3 is 2.59 bits per heavy atom. The van der Waals surface area contributed by atoms with Crippen LogP contribution in [0.2, 0.25) is 0 Å². The molecule has 1 aromatic heterocycles. The van der Waals surface area contributed by atoms with Crippen molar-refractivity contribution in [1.82, 2.24) is 4.98 Å². The van der Waals surface area contributed by atoms with Gasteiger partial charge in [0.1, 0.15) is 0 Å². The van der Waals surface area contributed by atoms with Gasteiger partial charge in [0.25, 0.3) is 0 Å². The second kappa shape index (κ2) is 4.58. The van der Waals surface area contributed by atoms with Crippen LogP contribution < -0.4 is 10.5 Å². The van der Waals surface area contributed by atoms with E-state index in [0.717, 1.165) is 0 Å². The van der Waals surface area contributed by atoms with Crippen molar-refractivity contribution in [3.05, 3.63) is 22.9 Å². The number of nitrogens with zero attached hydrogens (tertiary/aromatic N) is 1.